The number of nitrogens with one attached hydrogen (secondary N) is 1. The molecule has 2 aliphatic rings. The predicted octanol–water partition coefficient (Wildman–Crippen LogP) is 3.03. The Labute approximate surface area is 107 Å². The Kier molecular flexibility index (Phi) is 4.48. The molecule has 0 radical (unpaired) electrons. The molecule has 1 aliphatic carbocycles. The van der Waals surface area contributed by atoms with Gasteiger partial charge in [-0.2, -0.15) is 0 Å². The van der Waals surface area contributed by atoms with Gasteiger partial charge in [0.05, 0.1) is 0 Å². The van der Waals surface area contributed by atoms with E-state index in [9.17, 15) is 0 Å². The van der Waals surface area contributed by atoms with Gasteiger partial charge in [0.15, 0.2) is 0 Å². The van der Waals surface area contributed by atoms with Crippen molar-refractivity contribution < 1.29 is 0 Å². The smallest absolute Gasteiger partial charge is 0.0220 e. The zero-order chi connectivity index (χ0) is 12.3. The molecule has 1 saturated carbocycles. The molecule has 17 heavy (non-hydrogen) atoms. The Balaban J connectivity index is 1.84. The zero-order valence-electron chi connectivity index (χ0n) is 12.0. The van der Waals surface area contributed by atoms with Crippen molar-refractivity contribution in [3.05, 3.63) is 0 Å². The highest BCUT2D eigenvalue weighted by atomic mass is 15.2. The Morgan fingerprint density at radius 2 is 1.71 bits per heavy atom. The number of nitrogens with zero attached hydrogens (tertiary/aromatic N) is 1. The summed E-state index contributed by atoms with van der Waals surface area (Å²) in [5, 5.41) is 3.59. The first-order valence-electron chi connectivity index (χ1n) is 7.51. The summed E-state index contributed by atoms with van der Waals surface area (Å²) in [4.78, 5) is 2.69. The lowest BCUT2D eigenvalue weighted by Gasteiger charge is -2.41. The van der Waals surface area contributed by atoms with Crippen molar-refractivity contribution in [2.75, 3.05) is 20.1 Å². The fourth-order valence-corrected chi connectivity index (χ4v) is 3.44. The molecule has 0 aromatic heterocycles. The lowest BCUT2D eigenvalue weighted by Crippen LogP contribution is -2.46. The Bertz CT molecular complexity index is 219. The molecule has 1 heterocycles. The third kappa shape index (κ3) is 3.69. The van der Waals surface area contributed by atoms with Crippen LogP contribution in [-0.4, -0.2) is 37.1 Å². The summed E-state index contributed by atoms with van der Waals surface area (Å²) in [6, 6.07) is 1.62. The van der Waals surface area contributed by atoms with Crippen molar-refractivity contribution in [2.24, 2.45) is 5.41 Å². The van der Waals surface area contributed by atoms with Crippen molar-refractivity contribution >= 4 is 0 Å². The number of hydrogen-bond acceptors (Lipinski definition) is 2. The van der Waals surface area contributed by atoms with Gasteiger partial charge >= 0.3 is 0 Å². The molecule has 2 nitrogen and oxygen atoms in total. The van der Waals surface area contributed by atoms with Gasteiger partial charge < -0.3 is 5.32 Å². The highest BCUT2D eigenvalue weighted by Gasteiger charge is 2.31. The summed E-state index contributed by atoms with van der Waals surface area (Å²) in [6.07, 6.45) is 9.77. The Morgan fingerprint density at radius 3 is 2.41 bits per heavy atom. The second kappa shape index (κ2) is 5.71. The van der Waals surface area contributed by atoms with E-state index in [1.54, 1.807) is 0 Å². The van der Waals surface area contributed by atoms with Gasteiger partial charge in [-0.25, -0.2) is 0 Å². The van der Waals surface area contributed by atoms with Gasteiger partial charge in [-0.15, -0.1) is 0 Å². The van der Waals surface area contributed by atoms with Crippen LogP contribution in [0.1, 0.15) is 58.8 Å². The fourth-order valence-electron chi connectivity index (χ4n) is 3.44. The van der Waals surface area contributed by atoms with E-state index in [-0.39, 0.29) is 0 Å². The van der Waals surface area contributed by atoms with Crippen molar-refractivity contribution in [3.63, 3.8) is 0 Å². The fraction of sp³-hybridized carbons (Fsp3) is 1.00. The molecule has 100 valence electrons. The van der Waals surface area contributed by atoms with E-state index in [0.717, 1.165) is 12.1 Å². The van der Waals surface area contributed by atoms with Gasteiger partial charge in [0.2, 0.25) is 0 Å². The van der Waals surface area contributed by atoms with Crippen molar-refractivity contribution in [1.82, 2.24) is 10.2 Å². The van der Waals surface area contributed by atoms with Crippen LogP contribution in [0.25, 0.3) is 0 Å². The highest BCUT2D eigenvalue weighted by Crippen LogP contribution is 2.37. The van der Waals surface area contributed by atoms with Crippen LogP contribution < -0.4 is 5.32 Å². The summed E-state index contributed by atoms with van der Waals surface area (Å²) in [5.74, 6) is 0. The Morgan fingerprint density at radius 1 is 1.00 bits per heavy atom. The molecule has 0 spiro atoms. The minimum atomic E-state index is 0.596. The predicted molar refractivity (Wildman–Crippen MR) is 74.3 cm³/mol. The summed E-state index contributed by atoms with van der Waals surface area (Å²) in [6.45, 7) is 7.28. The Hall–Kier alpha value is -0.0800. The number of rotatable bonds is 2. The minimum Gasteiger partial charge on any atom is -0.315 e. The van der Waals surface area contributed by atoms with Crippen LogP contribution >= 0.6 is 0 Å². The molecular formula is C15H30N2. The first-order valence-corrected chi connectivity index (χ1v) is 7.51. The topological polar surface area (TPSA) is 15.3 Å². The third-order valence-electron chi connectivity index (χ3n) is 4.98. The van der Waals surface area contributed by atoms with Crippen molar-refractivity contribution in [1.29, 1.82) is 0 Å². The van der Waals surface area contributed by atoms with Crippen LogP contribution in [0.5, 0.6) is 0 Å². The maximum atomic E-state index is 3.59. The van der Waals surface area contributed by atoms with Crippen molar-refractivity contribution in [3.8, 4) is 0 Å². The molecule has 1 aliphatic heterocycles. The first-order chi connectivity index (χ1) is 8.08. The van der Waals surface area contributed by atoms with Crippen LogP contribution in [0.2, 0.25) is 0 Å². The second-order valence-electron chi connectivity index (χ2n) is 6.91. The summed E-state index contributed by atoms with van der Waals surface area (Å²) >= 11 is 0. The molecule has 2 heteroatoms. The van der Waals surface area contributed by atoms with Crippen LogP contribution in [0.15, 0.2) is 0 Å². The molecule has 0 aromatic rings. The van der Waals surface area contributed by atoms with E-state index in [4.69, 9.17) is 0 Å². The molecule has 1 saturated heterocycles. The summed E-state index contributed by atoms with van der Waals surface area (Å²) < 4.78 is 0. The average Bonchev–Trinajstić information content (AvgIpc) is 2.56. The van der Waals surface area contributed by atoms with E-state index in [1.807, 2.05) is 0 Å². The highest BCUT2D eigenvalue weighted by molar-refractivity contribution is 4.86. The molecule has 2 fully saturated rings. The monoisotopic (exact) mass is 238 g/mol. The molecule has 2 rings (SSSR count). The average molecular weight is 238 g/mol. The molecule has 1 atom stereocenters. The van der Waals surface area contributed by atoms with Crippen LogP contribution in [-0.2, 0) is 0 Å². The van der Waals surface area contributed by atoms with Crippen molar-refractivity contribution in [2.45, 2.75) is 70.9 Å². The summed E-state index contributed by atoms with van der Waals surface area (Å²) in [7, 11) is 2.36. The van der Waals surface area contributed by atoms with Gasteiger partial charge in [-0.3, -0.25) is 4.90 Å². The zero-order valence-corrected chi connectivity index (χ0v) is 12.0. The molecule has 1 N–H and O–H groups in total. The normalized spacial score (nSPS) is 31.4. The van der Waals surface area contributed by atoms with Gasteiger partial charge in [-0.1, -0.05) is 20.3 Å². The first kappa shape index (κ1) is 13.4. The molecule has 0 aromatic carbocycles. The lowest BCUT2D eigenvalue weighted by atomic mass is 9.75. The van der Waals surface area contributed by atoms with Crippen LogP contribution in [0.3, 0.4) is 0 Å². The minimum absolute atomic E-state index is 0.596. The van der Waals surface area contributed by atoms with Crippen LogP contribution in [0, 0.1) is 5.41 Å². The van der Waals surface area contributed by atoms with Gasteiger partial charge in [-0.05, 0) is 57.5 Å². The third-order valence-corrected chi connectivity index (χ3v) is 4.98. The quantitative estimate of drug-likeness (QED) is 0.795. The van der Waals surface area contributed by atoms with E-state index >= 15 is 0 Å². The molecule has 0 amide bonds. The van der Waals surface area contributed by atoms with Crippen LogP contribution in [0.4, 0.5) is 0 Å². The van der Waals surface area contributed by atoms with E-state index in [1.165, 1.54) is 58.0 Å². The maximum Gasteiger partial charge on any atom is 0.0220 e. The molecule has 1 unspecified atom stereocenters. The van der Waals surface area contributed by atoms with E-state index in [2.05, 4.69) is 31.1 Å². The second-order valence-corrected chi connectivity index (χ2v) is 6.91. The largest absolute Gasteiger partial charge is 0.315 e. The maximum absolute atomic E-state index is 3.59. The standard InChI is InChI=1S/C15H30N2/c1-15(2)9-7-13(8-10-15)17(3)14-6-4-5-11-16-12-14/h13-14,16H,4-12H2,1-3H3. The summed E-state index contributed by atoms with van der Waals surface area (Å²) in [5.41, 5.74) is 0.596. The molecular weight excluding hydrogens is 208 g/mol. The lowest BCUT2D eigenvalue weighted by molar-refractivity contribution is 0.0919. The SMILES string of the molecule is CN(C1CCC(C)(C)CC1)C1CCCCNC1. The van der Waals surface area contributed by atoms with E-state index in [0.29, 0.717) is 5.41 Å². The van der Waals surface area contributed by atoms with E-state index < -0.39 is 0 Å². The van der Waals surface area contributed by atoms with Gasteiger partial charge in [0.25, 0.3) is 0 Å². The molecule has 0 bridgehead atoms. The van der Waals surface area contributed by atoms with Gasteiger partial charge in [0.1, 0.15) is 0 Å². The van der Waals surface area contributed by atoms with Gasteiger partial charge in [0, 0.05) is 18.6 Å². The number of likely N-dealkylation sites (N-methyl/N-ethyl adjacent to an activating group) is 1. The number of hydrogen-bond donors (Lipinski definition) is 1.